The molecule has 0 heterocycles. The second-order valence-corrected chi connectivity index (χ2v) is 17.1. The van der Waals surface area contributed by atoms with Gasteiger partial charge in [0.05, 0.1) is 0 Å². The third kappa shape index (κ3) is 5.78. The van der Waals surface area contributed by atoms with Gasteiger partial charge in [0.1, 0.15) is 0 Å². The van der Waals surface area contributed by atoms with Gasteiger partial charge in [-0.15, -0.1) is 0 Å². The van der Waals surface area contributed by atoms with Crippen LogP contribution in [0.4, 0.5) is 34.1 Å². The van der Waals surface area contributed by atoms with Crippen molar-refractivity contribution in [1.29, 1.82) is 0 Å². The zero-order valence-electron chi connectivity index (χ0n) is 33.9. The first-order chi connectivity index (χ1) is 28.2. The minimum Gasteiger partial charge on any atom is -0.310 e. The van der Waals surface area contributed by atoms with Gasteiger partial charge in [-0.05, 0) is 128 Å². The van der Waals surface area contributed by atoms with Crippen LogP contribution < -0.4 is 9.80 Å². The SMILES string of the molecule is CC(c1ccc2c(c1)C(C)(C)c1cc(N(c3ccccc3)c3ccccc3)ccc1-2)c1ccc2c(c1)C(C)(C)c1cc(N(c3ccccc3)c3ccccc3)ccc1-2. The highest BCUT2D eigenvalue weighted by molar-refractivity contribution is 5.87. The standard InChI is InChI=1S/C56H48N2/c1-38(39-26-30-47-49-32-28-45(36-53(49)55(2,3)51(47)34-39)57(41-18-10-6-11-19-41)42-20-12-7-13-21-42)40-27-31-48-50-33-29-46(37-54(50)56(4,5)52(48)35-40)58(43-22-14-8-15-23-43)44-24-16-9-17-25-44/h6-38H,1-5H3. The van der Waals surface area contributed by atoms with E-state index in [0.717, 1.165) is 22.7 Å². The molecule has 0 spiro atoms. The normalized spacial score (nSPS) is 14.0. The molecular weight excluding hydrogens is 701 g/mol. The van der Waals surface area contributed by atoms with Crippen LogP contribution in [-0.2, 0) is 10.8 Å². The second kappa shape index (κ2) is 13.8. The molecule has 0 bridgehead atoms. The van der Waals surface area contributed by atoms with Crippen molar-refractivity contribution in [2.24, 2.45) is 0 Å². The Bertz CT molecular complexity index is 2510. The van der Waals surface area contributed by atoms with E-state index < -0.39 is 0 Å². The highest BCUT2D eigenvalue weighted by atomic mass is 15.1. The molecule has 2 aliphatic rings. The van der Waals surface area contributed by atoms with E-state index in [1.165, 1.54) is 67.0 Å². The van der Waals surface area contributed by atoms with E-state index in [2.05, 4.69) is 239 Å². The number of rotatable bonds is 8. The highest BCUT2D eigenvalue weighted by Gasteiger charge is 2.38. The molecule has 58 heavy (non-hydrogen) atoms. The molecule has 8 aromatic carbocycles. The number of hydrogen-bond donors (Lipinski definition) is 0. The Morgan fingerprint density at radius 3 is 0.897 bits per heavy atom. The molecule has 2 heteroatoms. The Labute approximate surface area is 343 Å². The number of anilines is 6. The summed E-state index contributed by atoms with van der Waals surface area (Å²) in [6.45, 7) is 12.0. The minimum atomic E-state index is -0.151. The van der Waals surface area contributed by atoms with Crippen molar-refractivity contribution in [3.05, 3.63) is 228 Å². The molecule has 0 unspecified atom stereocenters. The lowest BCUT2D eigenvalue weighted by atomic mass is 9.79. The van der Waals surface area contributed by atoms with E-state index in [4.69, 9.17) is 0 Å². The first kappa shape index (κ1) is 35.8. The molecule has 0 aliphatic heterocycles. The van der Waals surface area contributed by atoms with E-state index in [1.54, 1.807) is 0 Å². The van der Waals surface area contributed by atoms with Crippen molar-refractivity contribution >= 4 is 34.1 Å². The lowest BCUT2D eigenvalue weighted by molar-refractivity contribution is 0.656. The predicted octanol–water partition coefficient (Wildman–Crippen LogP) is 15.4. The summed E-state index contributed by atoms with van der Waals surface area (Å²) in [5.41, 5.74) is 20.3. The summed E-state index contributed by atoms with van der Waals surface area (Å²) >= 11 is 0. The smallest absolute Gasteiger partial charge is 0.0465 e. The van der Waals surface area contributed by atoms with Crippen molar-refractivity contribution in [3.8, 4) is 22.3 Å². The van der Waals surface area contributed by atoms with Crippen LogP contribution in [0.25, 0.3) is 22.3 Å². The molecule has 8 aromatic rings. The van der Waals surface area contributed by atoms with Crippen molar-refractivity contribution in [2.45, 2.75) is 51.4 Å². The molecule has 0 N–H and O–H groups in total. The lowest BCUT2D eigenvalue weighted by Gasteiger charge is -2.28. The summed E-state index contributed by atoms with van der Waals surface area (Å²) in [4.78, 5) is 4.73. The number of para-hydroxylation sites is 4. The van der Waals surface area contributed by atoms with Crippen molar-refractivity contribution < 1.29 is 0 Å². The average Bonchev–Trinajstić information content (AvgIpc) is 3.63. The van der Waals surface area contributed by atoms with Crippen LogP contribution in [0, 0.1) is 0 Å². The van der Waals surface area contributed by atoms with Crippen LogP contribution in [0.15, 0.2) is 194 Å². The number of nitrogens with zero attached hydrogens (tertiary/aromatic N) is 2. The Hall–Kier alpha value is -6.64. The van der Waals surface area contributed by atoms with Crippen LogP contribution in [0.2, 0.25) is 0 Å². The summed E-state index contributed by atoms with van der Waals surface area (Å²) in [5.74, 6) is 0.235. The summed E-state index contributed by atoms with van der Waals surface area (Å²) in [5, 5.41) is 0. The van der Waals surface area contributed by atoms with Crippen LogP contribution in [0.1, 0.15) is 73.9 Å². The predicted molar refractivity (Wildman–Crippen MR) is 245 cm³/mol. The fraction of sp³-hybridized carbons (Fsp3) is 0.143. The molecule has 0 saturated carbocycles. The van der Waals surface area contributed by atoms with Crippen LogP contribution in [0.3, 0.4) is 0 Å². The second-order valence-electron chi connectivity index (χ2n) is 17.1. The Kier molecular flexibility index (Phi) is 8.49. The topological polar surface area (TPSA) is 6.48 Å². The van der Waals surface area contributed by atoms with E-state index in [0.29, 0.717) is 0 Å². The molecule has 2 aliphatic carbocycles. The molecule has 0 atom stereocenters. The van der Waals surface area contributed by atoms with Gasteiger partial charge in [0.2, 0.25) is 0 Å². The lowest BCUT2D eigenvalue weighted by Crippen LogP contribution is -2.17. The minimum absolute atomic E-state index is 0.151. The van der Waals surface area contributed by atoms with Gasteiger partial charge in [0.15, 0.2) is 0 Å². The molecular formula is C56H48N2. The van der Waals surface area contributed by atoms with Gasteiger partial charge in [-0.3, -0.25) is 0 Å². The summed E-state index contributed by atoms with van der Waals surface area (Å²) in [6.07, 6.45) is 0. The summed E-state index contributed by atoms with van der Waals surface area (Å²) in [6, 6.07) is 71.3. The van der Waals surface area contributed by atoms with Gasteiger partial charge in [-0.25, -0.2) is 0 Å². The maximum Gasteiger partial charge on any atom is 0.0465 e. The van der Waals surface area contributed by atoms with Crippen molar-refractivity contribution in [1.82, 2.24) is 0 Å². The molecule has 0 fully saturated rings. The molecule has 282 valence electrons. The van der Waals surface area contributed by atoms with Crippen molar-refractivity contribution in [3.63, 3.8) is 0 Å². The first-order valence-corrected chi connectivity index (χ1v) is 20.6. The zero-order chi connectivity index (χ0) is 39.6. The monoisotopic (exact) mass is 748 g/mol. The fourth-order valence-corrected chi connectivity index (χ4v) is 9.70. The number of benzene rings is 8. The molecule has 0 amide bonds. The third-order valence-corrected chi connectivity index (χ3v) is 12.9. The summed E-state index contributed by atoms with van der Waals surface area (Å²) in [7, 11) is 0. The molecule has 0 radical (unpaired) electrons. The van der Waals surface area contributed by atoms with Gasteiger partial charge in [0.25, 0.3) is 0 Å². The van der Waals surface area contributed by atoms with E-state index >= 15 is 0 Å². The van der Waals surface area contributed by atoms with E-state index in [-0.39, 0.29) is 16.7 Å². The van der Waals surface area contributed by atoms with Gasteiger partial charge >= 0.3 is 0 Å². The maximum absolute atomic E-state index is 2.49. The summed E-state index contributed by atoms with van der Waals surface area (Å²) < 4.78 is 0. The van der Waals surface area contributed by atoms with Gasteiger partial charge in [-0.1, -0.05) is 156 Å². The zero-order valence-corrected chi connectivity index (χ0v) is 33.9. The molecule has 0 saturated heterocycles. The largest absolute Gasteiger partial charge is 0.310 e. The van der Waals surface area contributed by atoms with Gasteiger partial charge in [-0.2, -0.15) is 0 Å². The Balaban J connectivity index is 0.972. The molecule has 2 nitrogen and oxygen atoms in total. The Morgan fingerprint density at radius 1 is 0.310 bits per heavy atom. The van der Waals surface area contributed by atoms with E-state index in [1.807, 2.05) is 0 Å². The molecule has 10 rings (SSSR count). The van der Waals surface area contributed by atoms with Gasteiger partial charge in [0, 0.05) is 50.9 Å². The van der Waals surface area contributed by atoms with Crippen LogP contribution in [-0.4, -0.2) is 0 Å². The number of fused-ring (bicyclic) bond motifs is 6. The quantitative estimate of drug-likeness (QED) is 0.153. The highest BCUT2D eigenvalue weighted by Crippen LogP contribution is 2.53. The maximum atomic E-state index is 2.49. The van der Waals surface area contributed by atoms with E-state index in [9.17, 15) is 0 Å². The fourth-order valence-electron chi connectivity index (χ4n) is 9.70. The number of hydrogen-bond acceptors (Lipinski definition) is 2. The first-order valence-electron chi connectivity index (χ1n) is 20.6. The van der Waals surface area contributed by atoms with Gasteiger partial charge < -0.3 is 9.80 Å². The third-order valence-electron chi connectivity index (χ3n) is 12.9. The van der Waals surface area contributed by atoms with Crippen LogP contribution in [0.5, 0.6) is 0 Å². The Morgan fingerprint density at radius 2 is 0.586 bits per heavy atom. The van der Waals surface area contributed by atoms with Crippen molar-refractivity contribution in [2.75, 3.05) is 9.80 Å². The molecule has 0 aromatic heterocycles. The average molecular weight is 749 g/mol. The van der Waals surface area contributed by atoms with Crippen LogP contribution >= 0.6 is 0 Å².